The van der Waals surface area contributed by atoms with Gasteiger partial charge in [-0.1, -0.05) is 0 Å². The Bertz CT molecular complexity index is 548. The highest BCUT2D eigenvalue weighted by atomic mass is 16.1. The first-order chi connectivity index (χ1) is 8.04. The van der Waals surface area contributed by atoms with Gasteiger partial charge >= 0.3 is 0 Å². The Kier molecular flexibility index (Phi) is 2.86. The fourth-order valence-corrected chi connectivity index (χ4v) is 1.68. The van der Waals surface area contributed by atoms with Crippen LogP contribution in [-0.2, 0) is 4.79 Å². The quantitative estimate of drug-likeness (QED) is 0.586. The molecule has 1 heterocycles. The molecule has 1 aromatic heterocycles. The molecule has 0 aliphatic carbocycles. The molecule has 90 valence electrons. The Balaban J connectivity index is 2.16. The van der Waals surface area contributed by atoms with Crippen molar-refractivity contribution in [3.8, 4) is 0 Å². The number of rotatable bonds is 4. The van der Waals surface area contributed by atoms with Gasteiger partial charge in [-0.2, -0.15) is 0 Å². The van der Waals surface area contributed by atoms with Gasteiger partial charge in [0.2, 0.25) is 11.9 Å². The monoisotopic (exact) mass is 233 g/mol. The van der Waals surface area contributed by atoms with Crippen LogP contribution in [-0.4, -0.2) is 21.9 Å². The van der Waals surface area contributed by atoms with Gasteiger partial charge in [-0.25, -0.2) is 4.98 Å². The minimum absolute atomic E-state index is 0.0644. The van der Waals surface area contributed by atoms with Crippen LogP contribution in [0.5, 0.6) is 0 Å². The topological polar surface area (TPSA) is 110 Å². The number of H-pyrrole nitrogens is 1. The maximum Gasteiger partial charge on any atom is 0.219 e. The molecule has 1 unspecified atom stereocenters. The number of carbonyl (C=O) groups excluding carboxylic acids is 1. The van der Waals surface area contributed by atoms with E-state index in [1.807, 2.05) is 19.1 Å². The van der Waals surface area contributed by atoms with Crippen LogP contribution in [0, 0.1) is 0 Å². The molecule has 1 aromatic carbocycles. The van der Waals surface area contributed by atoms with Crippen molar-refractivity contribution in [2.45, 2.75) is 19.4 Å². The molecule has 0 aliphatic heterocycles. The van der Waals surface area contributed by atoms with Gasteiger partial charge in [-0.3, -0.25) is 4.79 Å². The number of nitrogen functional groups attached to an aromatic ring is 1. The number of hydrogen-bond acceptors (Lipinski definition) is 4. The van der Waals surface area contributed by atoms with Gasteiger partial charge in [0.25, 0.3) is 0 Å². The lowest BCUT2D eigenvalue weighted by molar-refractivity contribution is -0.118. The van der Waals surface area contributed by atoms with Crippen LogP contribution in [0.1, 0.15) is 13.3 Å². The maximum atomic E-state index is 10.8. The number of nitrogens with two attached hydrogens (primary N) is 2. The van der Waals surface area contributed by atoms with Gasteiger partial charge in [0.1, 0.15) is 0 Å². The minimum Gasteiger partial charge on any atom is -0.399 e. The number of nitrogens with one attached hydrogen (secondary N) is 2. The molecule has 1 amide bonds. The summed E-state index contributed by atoms with van der Waals surface area (Å²) in [4.78, 5) is 18.2. The van der Waals surface area contributed by atoms with Crippen molar-refractivity contribution in [1.29, 1.82) is 0 Å². The van der Waals surface area contributed by atoms with Crippen LogP contribution in [0.25, 0.3) is 11.0 Å². The van der Waals surface area contributed by atoms with Gasteiger partial charge in [-0.05, 0) is 25.1 Å². The van der Waals surface area contributed by atoms with Crippen LogP contribution in [0.4, 0.5) is 11.6 Å². The molecule has 6 heteroatoms. The molecule has 0 fully saturated rings. The lowest BCUT2D eigenvalue weighted by Crippen LogP contribution is -2.24. The third-order valence-corrected chi connectivity index (χ3v) is 2.40. The molecule has 6 N–H and O–H groups in total. The molecule has 2 aromatic rings. The molecule has 0 aliphatic rings. The van der Waals surface area contributed by atoms with Crippen LogP contribution >= 0.6 is 0 Å². The van der Waals surface area contributed by atoms with Crippen molar-refractivity contribution in [3.63, 3.8) is 0 Å². The Morgan fingerprint density at radius 3 is 3.06 bits per heavy atom. The van der Waals surface area contributed by atoms with E-state index in [1.165, 1.54) is 0 Å². The van der Waals surface area contributed by atoms with Crippen LogP contribution in [0.2, 0.25) is 0 Å². The Morgan fingerprint density at radius 1 is 1.59 bits per heavy atom. The maximum absolute atomic E-state index is 10.8. The van der Waals surface area contributed by atoms with Crippen molar-refractivity contribution >= 4 is 28.6 Å². The number of fused-ring (bicyclic) bond motifs is 1. The van der Waals surface area contributed by atoms with Crippen molar-refractivity contribution < 1.29 is 4.79 Å². The average Bonchev–Trinajstić information content (AvgIpc) is 2.57. The number of aromatic nitrogens is 2. The predicted octanol–water partition coefficient (Wildman–Crippen LogP) is 0.821. The average molecular weight is 233 g/mol. The second kappa shape index (κ2) is 4.32. The summed E-state index contributed by atoms with van der Waals surface area (Å²) in [6.45, 7) is 1.87. The Hall–Kier alpha value is -2.24. The number of nitrogens with zero attached hydrogens (tertiary/aromatic N) is 1. The number of imidazole rings is 1. The zero-order valence-electron chi connectivity index (χ0n) is 9.53. The van der Waals surface area contributed by atoms with E-state index in [-0.39, 0.29) is 18.4 Å². The molecule has 0 bridgehead atoms. The molecular weight excluding hydrogens is 218 g/mol. The number of hydrogen-bond donors (Lipinski definition) is 4. The second-order valence-electron chi connectivity index (χ2n) is 4.08. The largest absolute Gasteiger partial charge is 0.399 e. The Labute approximate surface area is 98.4 Å². The summed E-state index contributed by atoms with van der Waals surface area (Å²) < 4.78 is 0. The SMILES string of the molecule is CC(CC(N)=O)Nc1nc2ccc(N)cc2[nH]1. The summed E-state index contributed by atoms with van der Waals surface area (Å²) >= 11 is 0. The predicted molar refractivity (Wildman–Crippen MR) is 67.4 cm³/mol. The molecule has 0 radical (unpaired) electrons. The second-order valence-corrected chi connectivity index (χ2v) is 4.08. The highest BCUT2D eigenvalue weighted by Crippen LogP contribution is 2.17. The molecule has 6 nitrogen and oxygen atoms in total. The van der Waals surface area contributed by atoms with Crippen molar-refractivity contribution in [2.75, 3.05) is 11.1 Å². The summed E-state index contributed by atoms with van der Waals surface area (Å²) in [6.07, 6.45) is 0.263. The molecule has 2 rings (SSSR count). The number of carbonyl (C=O) groups is 1. The summed E-state index contributed by atoms with van der Waals surface area (Å²) in [5.74, 6) is 0.268. The van der Waals surface area contributed by atoms with Gasteiger partial charge in [0, 0.05) is 18.2 Å². The third kappa shape index (κ3) is 2.66. The minimum atomic E-state index is -0.342. The number of amides is 1. The molecule has 0 saturated carbocycles. The van der Waals surface area contributed by atoms with Gasteiger partial charge in [0.05, 0.1) is 11.0 Å². The summed E-state index contributed by atoms with van der Waals surface area (Å²) in [7, 11) is 0. The highest BCUT2D eigenvalue weighted by molar-refractivity contribution is 5.81. The van der Waals surface area contributed by atoms with Crippen LogP contribution in [0.15, 0.2) is 18.2 Å². The van der Waals surface area contributed by atoms with Crippen LogP contribution in [0.3, 0.4) is 0 Å². The van der Waals surface area contributed by atoms with E-state index >= 15 is 0 Å². The highest BCUT2D eigenvalue weighted by Gasteiger charge is 2.08. The third-order valence-electron chi connectivity index (χ3n) is 2.40. The van der Waals surface area contributed by atoms with Gasteiger partial charge in [0.15, 0.2) is 0 Å². The van der Waals surface area contributed by atoms with E-state index in [1.54, 1.807) is 6.07 Å². The molecule has 17 heavy (non-hydrogen) atoms. The summed E-state index contributed by atoms with van der Waals surface area (Å²) in [5.41, 5.74) is 13.2. The zero-order chi connectivity index (χ0) is 12.4. The van der Waals surface area contributed by atoms with E-state index in [0.717, 1.165) is 11.0 Å². The van der Waals surface area contributed by atoms with Crippen LogP contribution < -0.4 is 16.8 Å². The lowest BCUT2D eigenvalue weighted by Gasteiger charge is -2.09. The fourth-order valence-electron chi connectivity index (χ4n) is 1.68. The molecule has 0 spiro atoms. The standard InChI is InChI=1S/C11H15N5O/c1-6(4-10(13)17)14-11-15-8-3-2-7(12)5-9(8)16-11/h2-3,5-6H,4,12H2,1H3,(H2,13,17)(H2,14,15,16). The number of aromatic amines is 1. The molecular formula is C11H15N5O. The van der Waals surface area contributed by atoms with E-state index in [0.29, 0.717) is 11.6 Å². The Morgan fingerprint density at radius 2 is 2.35 bits per heavy atom. The lowest BCUT2D eigenvalue weighted by atomic mass is 10.2. The van der Waals surface area contributed by atoms with Crippen molar-refractivity contribution in [2.24, 2.45) is 5.73 Å². The smallest absolute Gasteiger partial charge is 0.219 e. The fraction of sp³-hybridized carbons (Fsp3) is 0.273. The zero-order valence-corrected chi connectivity index (χ0v) is 9.53. The van der Waals surface area contributed by atoms with Gasteiger partial charge < -0.3 is 21.8 Å². The first-order valence-electron chi connectivity index (χ1n) is 5.34. The number of benzene rings is 1. The van der Waals surface area contributed by atoms with Gasteiger partial charge in [-0.15, -0.1) is 0 Å². The van der Waals surface area contributed by atoms with E-state index in [2.05, 4.69) is 15.3 Å². The number of primary amides is 1. The molecule has 0 saturated heterocycles. The molecule has 1 atom stereocenters. The van der Waals surface area contributed by atoms with E-state index in [4.69, 9.17) is 11.5 Å². The first-order valence-corrected chi connectivity index (χ1v) is 5.34. The van der Waals surface area contributed by atoms with E-state index < -0.39 is 0 Å². The first kappa shape index (κ1) is 11.3. The normalized spacial score (nSPS) is 12.5. The summed E-state index contributed by atoms with van der Waals surface area (Å²) in [5, 5.41) is 3.07. The number of anilines is 2. The summed E-state index contributed by atoms with van der Waals surface area (Å²) in [6, 6.07) is 5.38. The van der Waals surface area contributed by atoms with Crippen molar-refractivity contribution in [3.05, 3.63) is 18.2 Å². The van der Waals surface area contributed by atoms with Crippen molar-refractivity contribution in [1.82, 2.24) is 9.97 Å². The van der Waals surface area contributed by atoms with E-state index in [9.17, 15) is 4.79 Å².